The lowest BCUT2D eigenvalue weighted by atomic mass is 10.0. The fourth-order valence-corrected chi connectivity index (χ4v) is 2.65. The molecular weight excluding hydrogens is 260 g/mol. The maximum Gasteiger partial charge on any atom is 0.120 e. The number of hydrogen-bond acceptors (Lipinski definition) is 3. The lowest BCUT2D eigenvalue weighted by molar-refractivity contribution is 0.287. The third kappa shape index (κ3) is 3.96. The summed E-state index contributed by atoms with van der Waals surface area (Å²) in [5.74, 6) is 0.915. The number of aromatic hydroxyl groups is 1. The van der Waals surface area contributed by atoms with Crippen LogP contribution in [0.25, 0.3) is 10.8 Å². The minimum Gasteiger partial charge on any atom is -0.508 e. The molecule has 1 atom stereocenters. The fourth-order valence-electron chi connectivity index (χ4n) is 2.65. The highest BCUT2D eigenvalue weighted by Crippen LogP contribution is 2.27. The van der Waals surface area contributed by atoms with Crippen molar-refractivity contribution in [2.45, 2.75) is 26.4 Å². The Morgan fingerprint density at radius 2 is 1.81 bits per heavy atom. The number of nitrogens with one attached hydrogen (secondary N) is 1. The lowest BCUT2D eigenvalue weighted by Gasteiger charge is -2.26. The van der Waals surface area contributed by atoms with Crippen LogP contribution in [0.5, 0.6) is 5.75 Å². The average Bonchev–Trinajstić information content (AvgIpc) is 2.44. The van der Waals surface area contributed by atoms with E-state index in [0.717, 1.165) is 17.5 Å². The first kappa shape index (κ1) is 15.8. The average molecular weight is 286 g/mol. The van der Waals surface area contributed by atoms with Gasteiger partial charge in [-0.3, -0.25) is 0 Å². The van der Waals surface area contributed by atoms with Gasteiger partial charge in [0.25, 0.3) is 0 Å². The largest absolute Gasteiger partial charge is 0.508 e. The summed E-state index contributed by atoms with van der Waals surface area (Å²) in [6, 6.07) is 12.4. The van der Waals surface area contributed by atoms with Gasteiger partial charge in [-0.25, -0.2) is 0 Å². The van der Waals surface area contributed by atoms with Gasteiger partial charge in [-0.1, -0.05) is 44.2 Å². The molecule has 0 fully saturated rings. The van der Waals surface area contributed by atoms with Crippen molar-refractivity contribution >= 4 is 10.8 Å². The molecule has 0 aliphatic rings. The first-order valence-electron chi connectivity index (χ1n) is 7.56. The molecule has 0 amide bonds. The predicted molar refractivity (Wildman–Crippen MR) is 89.6 cm³/mol. The number of rotatable bonds is 6. The van der Waals surface area contributed by atoms with Gasteiger partial charge in [-0.05, 0) is 36.9 Å². The normalized spacial score (nSPS) is 13.2. The van der Waals surface area contributed by atoms with Crippen LogP contribution in [-0.4, -0.2) is 36.7 Å². The van der Waals surface area contributed by atoms with Crippen LogP contribution in [0.15, 0.2) is 36.4 Å². The first-order valence-corrected chi connectivity index (χ1v) is 7.56. The maximum absolute atomic E-state index is 10.2. The van der Waals surface area contributed by atoms with Crippen molar-refractivity contribution in [3.8, 4) is 5.75 Å². The van der Waals surface area contributed by atoms with Crippen molar-refractivity contribution in [1.82, 2.24) is 10.2 Å². The van der Waals surface area contributed by atoms with E-state index >= 15 is 0 Å². The fraction of sp³-hybridized carbons (Fsp3) is 0.444. The second kappa shape index (κ2) is 6.92. The number of benzene rings is 2. The van der Waals surface area contributed by atoms with Gasteiger partial charge in [0.1, 0.15) is 5.75 Å². The van der Waals surface area contributed by atoms with Crippen molar-refractivity contribution in [3.63, 3.8) is 0 Å². The molecular formula is C18H26N2O. The predicted octanol–water partition coefficient (Wildman–Crippen LogP) is 3.22. The summed E-state index contributed by atoms with van der Waals surface area (Å²) in [7, 11) is 4.18. The molecule has 0 aliphatic carbocycles. The van der Waals surface area contributed by atoms with Crippen molar-refractivity contribution in [3.05, 3.63) is 42.0 Å². The number of phenolic OH excluding ortho intramolecular Hbond substituents is 1. The molecule has 1 unspecified atom stereocenters. The SMILES string of the molecule is CC(C)C(CN(C)C)NCc1c(O)ccc2ccccc12. The molecule has 2 N–H and O–H groups in total. The molecule has 21 heavy (non-hydrogen) atoms. The number of nitrogens with zero attached hydrogens (tertiary/aromatic N) is 1. The van der Waals surface area contributed by atoms with Gasteiger partial charge >= 0.3 is 0 Å². The van der Waals surface area contributed by atoms with E-state index in [1.807, 2.05) is 18.2 Å². The van der Waals surface area contributed by atoms with Gasteiger partial charge in [0.05, 0.1) is 0 Å². The molecule has 2 aromatic carbocycles. The third-order valence-electron chi connectivity index (χ3n) is 3.92. The van der Waals surface area contributed by atoms with Crippen LogP contribution >= 0.6 is 0 Å². The van der Waals surface area contributed by atoms with Crippen molar-refractivity contribution in [2.75, 3.05) is 20.6 Å². The van der Waals surface area contributed by atoms with E-state index in [9.17, 15) is 5.11 Å². The quantitative estimate of drug-likeness (QED) is 0.856. The van der Waals surface area contributed by atoms with E-state index in [4.69, 9.17) is 0 Å². The van der Waals surface area contributed by atoms with Gasteiger partial charge in [0.15, 0.2) is 0 Å². The van der Waals surface area contributed by atoms with E-state index in [1.54, 1.807) is 6.07 Å². The monoisotopic (exact) mass is 286 g/mol. The first-order chi connectivity index (χ1) is 9.99. The van der Waals surface area contributed by atoms with E-state index in [1.165, 1.54) is 5.39 Å². The second-order valence-electron chi connectivity index (χ2n) is 6.28. The van der Waals surface area contributed by atoms with Crippen LogP contribution in [0.2, 0.25) is 0 Å². The van der Waals surface area contributed by atoms with Crippen LogP contribution in [0.4, 0.5) is 0 Å². The summed E-state index contributed by atoms with van der Waals surface area (Å²) in [4.78, 5) is 2.20. The highest BCUT2D eigenvalue weighted by atomic mass is 16.3. The molecule has 0 heterocycles. The zero-order valence-electron chi connectivity index (χ0n) is 13.4. The van der Waals surface area contributed by atoms with E-state index in [2.05, 4.69) is 50.3 Å². The van der Waals surface area contributed by atoms with Crippen LogP contribution in [0.1, 0.15) is 19.4 Å². The van der Waals surface area contributed by atoms with Gasteiger partial charge in [-0.2, -0.15) is 0 Å². The molecule has 0 saturated heterocycles. The molecule has 0 saturated carbocycles. The second-order valence-corrected chi connectivity index (χ2v) is 6.28. The van der Waals surface area contributed by atoms with Crippen LogP contribution in [0, 0.1) is 5.92 Å². The Morgan fingerprint density at radius 3 is 2.48 bits per heavy atom. The van der Waals surface area contributed by atoms with Crippen molar-refractivity contribution in [1.29, 1.82) is 0 Å². The molecule has 0 bridgehead atoms. The molecule has 3 heteroatoms. The van der Waals surface area contributed by atoms with Gasteiger partial charge in [-0.15, -0.1) is 0 Å². The summed E-state index contributed by atoms with van der Waals surface area (Å²) in [5.41, 5.74) is 0.984. The van der Waals surface area contributed by atoms with E-state index in [0.29, 0.717) is 24.3 Å². The minimum absolute atomic E-state index is 0.369. The van der Waals surface area contributed by atoms with Gasteiger partial charge in [0, 0.05) is 24.7 Å². The number of phenols is 1. The third-order valence-corrected chi connectivity index (χ3v) is 3.92. The summed E-state index contributed by atoms with van der Waals surface area (Å²) in [6.07, 6.45) is 0. The zero-order valence-corrected chi connectivity index (χ0v) is 13.4. The maximum atomic E-state index is 10.2. The standard InChI is InChI=1S/C18H26N2O/c1-13(2)17(12-20(3)4)19-11-16-15-8-6-5-7-14(15)9-10-18(16)21/h5-10,13,17,19,21H,11-12H2,1-4H3. The topological polar surface area (TPSA) is 35.5 Å². The number of fused-ring (bicyclic) bond motifs is 1. The number of likely N-dealkylation sites (N-methyl/N-ethyl adjacent to an activating group) is 1. The summed E-state index contributed by atoms with van der Waals surface area (Å²) >= 11 is 0. The van der Waals surface area contributed by atoms with Gasteiger partial charge < -0.3 is 15.3 Å². The molecule has 3 nitrogen and oxygen atoms in total. The Hall–Kier alpha value is -1.58. The zero-order chi connectivity index (χ0) is 15.4. The van der Waals surface area contributed by atoms with Crippen LogP contribution < -0.4 is 5.32 Å². The van der Waals surface area contributed by atoms with E-state index < -0.39 is 0 Å². The molecule has 0 radical (unpaired) electrons. The lowest BCUT2D eigenvalue weighted by Crippen LogP contribution is -2.41. The van der Waals surface area contributed by atoms with Crippen LogP contribution in [0.3, 0.4) is 0 Å². The van der Waals surface area contributed by atoms with Gasteiger partial charge in [0.2, 0.25) is 0 Å². The summed E-state index contributed by atoms with van der Waals surface area (Å²) in [5, 5.41) is 16.1. The van der Waals surface area contributed by atoms with Crippen molar-refractivity contribution in [2.24, 2.45) is 5.92 Å². The smallest absolute Gasteiger partial charge is 0.120 e. The van der Waals surface area contributed by atoms with E-state index in [-0.39, 0.29) is 0 Å². The highest BCUT2D eigenvalue weighted by molar-refractivity contribution is 5.87. The Morgan fingerprint density at radius 1 is 1.10 bits per heavy atom. The Bertz CT molecular complexity index is 593. The highest BCUT2D eigenvalue weighted by Gasteiger charge is 2.15. The number of hydrogen-bond donors (Lipinski definition) is 2. The molecule has 0 aromatic heterocycles. The molecule has 2 aromatic rings. The summed E-state index contributed by atoms with van der Waals surface area (Å²) < 4.78 is 0. The van der Waals surface area contributed by atoms with Crippen molar-refractivity contribution < 1.29 is 5.11 Å². The Labute approximate surface area is 127 Å². The molecule has 2 rings (SSSR count). The van der Waals surface area contributed by atoms with Crippen LogP contribution in [-0.2, 0) is 6.54 Å². The molecule has 114 valence electrons. The Kier molecular flexibility index (Phi) is 5.21. The molecule has 0 aliphatic heterocycles. The summed E-state index contributed by atoms with van der Waals surface area (Å²) in [6.45, 7) is 6.13. The molecule has 0 spiro atoms. The Balaban J connectivity index is 2.21. The minimum atomic E-state index is 0.369.